The van der Waals surface area contributed by atoms with E-state index >= 15 is 0 Å². The van der Waals surface area contributed by atoms with Crippen LogP contribution in [0.1, 0.15) is 39.3 Å². The molecule has 0 radical (unpaired) electrons. The van der Waals surface area contributed by atoms with Gasteiger partial charge in [-0.15, -0.1) is 0 Å². The van der Waals surface area contributed by atoms with Crippen LogP contribution in [-0.2, 0) is 0 Å². The Labute approximate surface area is 99.0 Å². The van der Waals surface area contributed by atoms with Crippen LogP contribution < -0.4 is 10.1 Å². The molecule has 2 nitrogen and oxygen atoms in total. The maximum absolute atomic E-state index is 5.53. The zero-order valence-electron chi connectivity index (χ0n) is 10.8. The fraction of sp³-hybridized carbons (Fsp3) is 0.571. The lowest BCUT2D eigenvalue weighted by molar-refractivity contribution is 0.338. The first-order valence-corrected chi connectivity index (χ1v) is 6.15. The van der Waals surface area contributed by atoms with Crippen LogP contribution in [-0.4, -0.2) is 13.2 Å². The minimum absolute atomic E-state index is 0.408. The summed E-state index contributed by atoms with van der Waals surface area (Å²) < 4.78 is 5.53. The summed E-state index contributed by atoms with van der Waals surface area (Å²) in [6.45, 7) is 10.3. The molecule has 16 heavy (non-hydrogen) atoms. The number of hydrogen-bond donors (Lipinski definition) is 1. The summed E-state index contributed by atoms with van der Waals surface area (Å²) in [7, 11) is 0. The third kappa shape index (κ3) is 3.53. The van der Waals surface area contributed by atoms with E-state index in [4.69, 9.17) is 4.74 Å². The van der Waals surface area contributed by atoms with Gasteiger partial charge >= 0.3 is 0 Å². The van der Waals surface area contributed by atoms with E-state index in [-0.39, 0.29) is 0 Å². The van der Waals surface area contributed by atoms with Crippen LogP contribution in [0, 0.1) is 5.92 Å². The average Bonchev–Trinajstić information content (AvgIpc) is 2.26. The highest BCUT2D eigenvalue weighted by molar-refractivity contribution is 5.30. The van der Waals surface area contributed by atoms with E-state index in [1.165, 1.54) is 5.56 Å². The van der Waals surface area contributed by atoms with Crippen molar-refractivity contribution in [3.05, 3.63) is 29.8 Å². The van der Waals surface area contributed by atoms with E-state index in [1.54, 1.807) is 0 Å². The monoisotopic (exact) mass is 221 g/mol. The normalized spacial score (nSPS) is 12.8. The summed E-state index contributed by atoms with van der Waals surface area (Å²) in [6, 6.07) is 8.78. The molecule has 0 amide bonds. The minimum atomic E-state index is 0.408. The lowest BCUT2D eigenvalue weighted by atomic mass is 9.96. The second-order valence-corrected chi connectivity index (χ2v) is 4.28. The summed E-state index contributed by atoms with van der Waals surface area (Å²) in [5.74, 6) is 1.54. The zero-order chi connectivity index (χ0) is 12.0. The van der Waals surface area contributed by atoms with Gasteiger partial charge in [0.2, 0.25) is 0 Å². The van der Waals surface area contributed by atoms with E-state index in [0.717, 1.165) is 18.9 Å². The molecule has 0 heterocycles. The van der Waals surface area contributed by atoms with E-state index in [1.807, 2.05) is 13.0 Å². The summed E-state index contributed by atoms with van der Waals surface area (Å²) in [5.41, 5.74) is 1.31. The van der Waals surface area contributed by atoms with Gasteiger partial charge in [-0.1, -0.05) is 32.9 Å². The average molecular weight is 221 g/mol. The maximum Gasteiger partial charge on any atom is 0.119 e. The van der Waals surface area contributed by atoms with Gasteiger partial charge in [0.15, 0.2) is 0 Å². The SMILES string of the molecule is CCNC(c1cccc(OCC)c1)C(C)C. The molecule has 2 heteroatoms. The van der Waals surface area contributed by atoms with Gasteiger partial charge in [-0.25, -0.2) is 0 Å². The highest BCUT2D eigenvalue weighted by Gasteiger charge is 2.14. The van der Waals surface area contributed by atoms with E-state index in [9.17, 15) is 0 Å². The quantitative estimate of drug-likeness (QED) is 0.795. The Bertz CT molecular complexity index is 309. The predicted molar refractivity (Wildman–Crippen MR) is 68.9 cm³/mol. The Morgan fingerprint density at radius 2 is 2.00 bits per heavy atom. The lowest BCUT2D eigenvalue weighted by Crippen LogP contribution is -2.25. The topological polar surface area (TPSA) is 21.3 Å². The molecule has 1 rings (SSSR count). The molecule has 1 N–H and O–H groups in total. The van der Waals surface area contributed by atoms with Crippen LogP contribution in [0.3, 0.4) is 0 Å². The first-order valence-electron chi connectivity index (χ1n) is 6.15. The van der Waals surface area contributed by atoms with E-state index < -0.39 is 0 Å². The molecule has 0 spiro atoms. The molecule has 0 aliphatic rings. The first kappa shape index (κ1) is 13.0. The Morgan fingerprint density at radius 3 is 2.56 bits per heavy atom. The van der Waals surface area contributed by atoms with Crippen molar-refractivity contribution in [1.82, 2.24) is 5.32 Å². The zero-order valence-corrected chi connectivity index (χ0v) is 10.8. The number of rotatable bonds is 6. The van der Waals surface area contributed by atoms with Crippen LogP contribution >= 0.6 is 0 Å². The van der Waals surface area contributed by atoms with Crippen molar-refractivity contribution in [3.8, 4) is 5.75 Å². The fourth-order valence-electron chi connectivity index (χ4n) is 1.92. The second-order valence-electron chi connectivity index (χ2n) is 4.28. The van der Waals surface area contributed by atoms with Crippen LogP contribution in [0.15, 0.2) is 24.3 Å². The molecule has 0 bridgehead atoms. The Hall–Kier alpha value is -1.02. The molecule has 90 valence electrons. The summed E-state index contributed by atoms with van der Waals surface area (Å²) in [5, 5.41) is 3.51. The molecule has 1 atom stereocenters. The molecule has 0 saturated heterocycles. The number of hydrogen-bond acceptors (Lipinski definition) is 2. The van der Waals surface area contributed by atoms with Gasteiger partial charge in [0.1, 0.15) is 5.75 Å². The highest BCUT2D eigenvalue weighted by atomic mass is 16.5. The van der Waals surface area contributed by atoms with Gasteiger partial charge < -0.3 is 10.1 Å². The van der Waals surface area contributed by atoms with E-state index in [2.05, 4.69) is 44.3 Å². The summed E-state index contributed by atoms with van der Waals surface area (Å²) in [6.07, 6.45) is 0. The van der Waals surface area contributed by atoms with Crippen molar-refractivity contribution >= 4 is 0 Å². The van der Waals surface area contributed by atoms with Gasteiger partial charge in [-0.2, -0.15) is 0 Å². The standard InChI is InChI=1S/C14H23NO/c1-5-15-14(11(3)4)12-8-7-9-13(10-12)16-6-2/h7-11,14-15H,5-6H2,1-4H3. The Morgan fingerprint density at radius 1 is 1.25 bits per heavy atom. The second kappa shape index (κ2) is 6.54. The summed E-state index contributed by atoms with van der Waals surface area (Å²) in [4.78, 5) is 0. The van der Waals surface area contributed by atoms with Crippen molar-refractivity contribution in [2.75, 3.05) is 13.2 Å². The van der Waals surface area contributed by atoms with E-state index in [0.29, 0.717) is 12.0 Å². The van der Waals surface area contributed by atoms with Crippen molar-refractivity contribution in [2.45, 2.75) is 33.7 Å². The van der Waals surface area contributed by atoms with Crippen LogP contribution in [0.4, 0.5) is 0 Å². The van der Waals surface area contributed by atoms with Crippen molar-refractivity contribution < 1.29 is 4.74 Å². The van der Waals surface area contributed by atoms with Crippen LogP contribution in [0.5, 0.6) is 5.75 Å². The molecule has 1 unspecified atom stereocenters. The maximum atomic E-state index is 5.53. The molecular weight excluding hydrogens is 198 g/mol. The van der Waals surface area contributed by atoms with Gasteiger partial charge in [0.05, 0.1) is 6.61 Å². The number of ether oxygens (including phenoxy) is 1. The Balaban J connectivity index is 2.86. The molecule has 0 aliphatic carbocycles. The highest BCUT2D eigenvalue weighted by Crippen LogP contribution is 2.24. The largest absolute Gasteiger partial charge is 0.494 e. The molecule has 1 aromatic carbocycles. The van der Waals surface area contributed by atoms with Crippen molar-refractivity contribution in [3.63, 3.8) is 0 Å². The molecular formula is C14H23NO. The molecule has 0 aromatic heterocycles. The lowest BCUT2D eigenvalue weighted by Gasteiger charge is -2.22. The Kier molecular flexibility index (Phi) is 5.33. The summed E-state index contributed by atoms with van der Waals surface area (Å²) >= 11 is 0. The first-order chi connectivity index (χ1) is 7.69. The van der Waals surface area contributed by atoms with Gasteiger partial charge in [0.25, 0.3) is 0 Å². The van der Waals surface area contributed by atoms with Gasteiger partial charge in [-0.3, -0.25) is 0 Å². The number of nitrogens with one attached hydrogen (secondary N) is 1. The smallest absolute Gasteiger partial charge is 0.119 e. The van der Waals surface area contributed by atoms with Gasteiger partial charge in [-0.05, 0) is 37.1 Å². The molecule has 0 aliphatic heterocycles. The van der Waals surface area contributed by atoms with Crippen molar-refractivity contribution in [2.24, 2.45) is 5.92 Å². The van der Waals surface area contributed by atoms with Crippen LogP contribution in [0.25, 0.3) is 0 Å². The molecule has 0 saturated carbocycles. The predicted octanol–water partition coefficient (Wildman–Crippen LogP) is 3.39. The van der Waals surface area contributed by atoms with Crippen LogP contribution in [0.2, 0.25) is 0 Å². The van der Waals surface area contributed by atoms with Crippen molar-refractivity contribution in [1.29, 1.82) is 0 Å². The minimum Gasteiger partial charge on any atom is -0.494 e. The molecule has 0 fully saturated rings. The van der Waals surface area contributed by atoms with Gasteiger partial charge in [0, 0.05) is 6.04 Å². The number of benzene rings is 1. The third-order valence-electron chi connectivity index (χ3n) is 2.62. The third-order valence-corrected chi connectivity index (χ3v) is 2.62. The fourth-order valence-corrected chi connectivity index (χ4v) is 1.92. The molecule has 1 aromatic rings.